The number of benzene rings is 1. The van der Waals surface area contributed by atoms with Gasteiger partial charge >= 0.3 is 0 Å². The van der Waals surface area contributed by atoms with Crippen LogP contribution in [0.3, 0.4) is 0 Å². The number of rotatable bonds is 3. The number of carbonyl (C=O) groups excluding carboxylic acids is 1. The lowest BCUT2D eigenvalue weighted by molar-refractivity contribution is 0.0990. The number of carbonyl (C=O) groups is 1. The number of aromatic nitrogens is 3. The Kier molecular flexibility index (Phi) is 3.58. The Balaban J connectivity index is 2.13. The van der Waals surface area contributed by atoms with Crippen LogP contribution in [0.4, 0.5) is 0 Å². The summed E-state index contributed by atoms with van der Waals surface area (Å²) in [6.45, 7) is 0. The van der Waals surface area contributed by atoms with Gasteiger partial charge in [-0.1, -0.05) is 23.8 Å². The zero-order valence-electron chi connectivity index (χ0n) is 11.2. The summed E-state index contributed by atoms with van der Waals surface area (Å²) in [4.78, 5) is 15.6. The fraction of sp³-hybridized carbons (Fsp3) is 0.133. The molecule has 0 radical (unpaired) electrons. The van der Waals surface area contributed by atoms with Crippen molar-refractivity contribution in [3.63, 3.8) is 0 Å². The van der Waals surface area contributed by atoms with Gasteiger partial charge in [0.05, 0.1) is 5.70 Å². The number of primary amides is 1. The molecule has 5 nitrogen and oxygen atoms in total. The molecule has 0 aliphatic heterocycles. The average Bonchev–Trinajstić information content (AvgIpc) is 2.94. The van der Waals surface area contributed by atoms with E-state index in [0.29, 0.717) is 10.8 Å². The molecular formula is C15H13ClN4O. The molecule has 1 aliphatic carbocycles. The Labute approximate surface area is 126 Å². The molecule has 1 heterocycles. The lowest BCUT2D eigenvalue weighted by Gasteiger charge is -2.09. The Morgan fingerprint density at radius 2 is 2.00 bits per heavy atom. The maximum absolute atomic E-state index is 11.4. The molecular weight excluding hydrogens is 288 g/mol. The van der Waals surface area contributed by atoms with E-state index in [4.69, 9.17) is 17.3 Å². The summed E-state index contributed by atoms with van der Waals surface area (Å²) in [7, 11) is 0. The molecule has 0 spiro atoms. The summed E-state index contributed by atoms with van der Waals surface area (Å²) in [5, 5.41) is 4.85. The number of hydrogen-bond acceptors (Lipinski definition) is 3. The summed E-state index contributed by atoms with van der Waals surface area (Å²) in [5.74, 6) is -0.0811. The van der Waals surface area contributed by atoms with E-state index in [0.717, 1.165) is 24.1 Å². The van der Waals surface area contributed by atoms with Crippen LogP contribution in [0.1, 0.15) is 23.5 Å². The predicted octanol–water partition coefficient (Wildman–Crippen LogP) is 2.89. The molecule has 0 fully saturated rings. The molecule has 0 unspecified atom stereocenters. The summed E-state index contributed by atoms with van der Waals surface area (Å²) in [5.41, 5.74) is 6.99. The van der Waals surface area contributed by atoms with Crippen LogP contribution in [-0.2, 0) is 0 Å². The standard InChI is InChI=1S/C15H13ClN4O/c16-11-8-6-10(7-9-11)15-18-14(13(17)21)19-20(15)12-4-2-1-3-5-12/h2,4-9H,1,3H2,(H2,17,21). The van der Waals surface area contributed by atoms with E-state index >= 15 is 0 Å². The van der Waals surface area contributed by atoms with Gasteiger partial charge in [0.15, 0.2) is 5.82 Å². The van der Waals surface area contributed by atoms with Crippen molar-refractivity contribution in [2.24, 2.45) is 5.73 Å². The Hall–Kier alpha value is -2.40. The maximum Gasteiger partial charge on any atom is 0.288 e. The van der Waals surface area contributed by atoms with Crippen LogP contribution in [0.15, 0.2) is 42.5 Å². The average molecular weight is 301 g/mol. The van der Waals surface area contributed by atoms with Crippen LogP contribution in [0.25, 0.3) is 17.1 Å². The SMILES string of the molecule is NC(=O)c1nc(-c2ccc(Cl)cc2)n(C2=CCCC=C2)n1. The van der Waals surface area contributed by atoms with Crippen LogP contribution in [0.2, 0.25) is 5.02 Å². The second-order valence-electron chi connectivity index (χ2n) is 4.65. The minimum Gasteiger partial charge on any atom is -0.363 e. The van der Waals surface area contributed by atoms with E-state index in [1.54, 1.807) is 16.8 Å². The highest BCUT2D eigenvalue weighted by atomic mass is 35.5. The first kappa shape index (κ1) is 13.6. The predicted molar refractivity (Wildman–Crippen MR) is 81.6 cm³/mol. The van der Waals surface area contributed by atoms with Gasteiger partial charge in [0.25, 0.3) is 5.91 Å². The first-order valence-electron chi connectivity index (χ1n) is 6.55. The molecule has 106 valence electrons. The number of amides is 1. The van der Waals surface area contributed by atoms with Crippen molar-refractivity contribution in [3.8, 4) is 11.4 Å². The number of nitrogens with two attached hydrogens (primary N) is 1. The minimum absolute atomic E-state index is 0.000163. The Bertz CT molecular complexity index is 744. The van der Waals surface area contributed by atoms with Crippen molar-refractivity contribution in [1.29, 1.82) is 0 Å². The normalized spacial score (nSPS) is 14.0. The maximum atomic E-state index is 11.4. The van der Waals surface area contributed by atoms with Gasteiger partial charge in [0, 0.05) is 10.6 Å². The second kappa shape index (κ2) is 5.54. The highest BCUT2D eigenvalue weighted by Gasteiger charge is 2.17. The summed E-state index contributed by atoms with van der Waals surface area (Å²) < 4.78 is 1.64. The van der Waals surface area contributed by atoms with Crippen molar-refractivity contribution in [1.82, 2.24) is 14.8 Å². The number of nitrogens with zero attached hydrogens (tertiary/aromatic N) is 3. The summed E-state index contributed by atoms with van der Waals surface area (Å²) in [6.07, 6.45) is 8.00. The lowest BCUT2D eigenvalue weighted by atomic mass is 10.1. The molecule has 1 amide bonds. The fourth-order valence-corrected chi connectivity index (χ4v) is 2.26. The molecule has 3 rings (SSSR count). The molecule has 2 N–H and O–H groups in total. The third-order valence-electron chi connectivity index (χ3n) is 3.15. The van der Waals surface area contributed by atoms with Crippen LogP contribution in [0.5, 0.6) is 0 Å². The number of halogens is 1. The quantitative estimate of drug-likeness (QED) is 0.947. The zero-order valence-corrected chi connectivity index (χ0v) is 11.9. The molecule has 1 aliphatic rings. The van der Waals surface area contributed by atoms with Gasteiger partial charge in [-0.15, -0.1) is 5.10 Å². The van der Waals surface area contributed by atoms with Gasteiger partial charge in [-0.05, 0) is 43.2 Å². The second-order valence-corrected chi connectivity index (χ2v) is 5.09. The molecule has 0 saturated carbocycles. The summed E-state index contributed by atoms with van der Waals surface area (Å²) in [6, 6.07) is 7.21. The first-order chi connectivity index (χ1) is 10.1. The first-order valence-corrected chi connectivity index (χ1v) is 6.93. The van der Waals surface area contributed by atoms with Gasteiger partial charge in [0.2, 0.25) is 5.82 Å². The fourth-order valence-electron chi connectivity index (χ4n) is 2.14. The van der Waals surface area contributed by atoms with Gasteiger partial charge in [0.1, 0.15) is 0 Å². The van der Waals surface area contributed by atoms with Crippen molar-refractivity contribution in [2.75, 3.05) is 0 Å². The van der Waals surface area contributed by atoms with Crippen LogP contribution >= 0.6 is 11.6 Å². The van der Waals surface area contributed by atoms with E-state index in [9.17, 15) is 4.79 Å². The lowest BCUT2D eigenvalue weighted by Crippen LogP contribution is -2.13. The van der Waals surface area contributed by atoms with Gasteiger partial charge in [-0.3, -0.25) is 4.79 Å². The van der Waals surface area contributed by atoms with E-state index < -0.39 is 5.91 Å². The summed E-state index contributed by atoms with van der Waals surface area (Å²) >= 11 is 5.90. The van der Waals surface area contributed by atoms with Crippen LogP contribution in [0, 0.1) is 0 Å². The van der Waals surface area contributed by atoms with Crippen molar-refractivity contribution in [3.05, 3.63) is 53.3 Å². The Morgan fingerprint density at radius 3 is 2.62 bits per heavy atom. The van der Waals surface area contributed by atoms with Crippen LogP contribution < -0.4 is 5.73 Å². The van der Waals surface area contributed by atoms with Crippen molar-refractivity contribution < 1.29 is 4.79 Å². The van der Waals surface area contributed by atoms with E-state index in [1.165, 1.54) is 0 Å². The van der Waals surface area contributed by atoms with Gasteiger partial charge in [-0.25, -0.2) is 9.67 Å². The molecule has 21 heavy (non-hydrogen) atoms. The topological polar surface area (TPSA) is 73.8 Å². The number of hydrogen-bond donors (Lipinski definition) is 1. The molecule has 0 atom stereocenters. The third kappa shape index (κ3) is 2.73. The zero-order chi connectivity index (χ0) is 14.8. The molecule has 6 heteroatoms. The Morgan fingerprint density at radius 1 is 1.24 bits per heavy atom. The minimum atomic E-state index is -0.649. The van der Waals surface area contributed by atoms with E-state index in [-0.39, 0.29) is 5.82 Å². The highest BCUT2D eigenvalue weighted by molar-refractivity contribution is 6.30. The van der Waals surface area contributed by atoms with E-state index in [2.05, 4.69) is 22.2 Å². The van der Waals surface area contributed by atoms with Gasteiger partial charge < -0.3 is 5.73 Å². The molecule has 0 saturated heterocycles. The molecule has 0 bridgehead atoms. The van der Waals surface area contributed by atoms with Gasteiger partial charge in [-0.2, -0.15) is 0 Å². The third-order valence-corrected chi connectivity index (χ3v) is 3.40. The highest BCUT2D eigenvalue weighted by Crippen LogP contribution is 2.24. The molecule has 1 aromatic heterocycles. The van der Waals surface area contributed by atoms with E-state index in [1.807, 2.05) is 18.2 Å². The number of allylic oxidation sites excluding steroid dienone is 4. The monoisotopic (exact) mass is 300 g/mol. The molecule has 2 aromatic rings. The molecule has 1 aromatic carbocycles. The van der Waals surface area contributed by atoms with Crippen LogP contribution in [-0.4, -0.2) is 20.7 Å². The van der Waals surface area contributed by atoms with Crippen molar-refractivity contribution in [2.45, 2.75) is 12.8 Å². The smallest absolute Gasteiger partial charge is 0.288 e. The largest absolute Gasteiger partial charge is 0.363 e. The van der Waals surface area contributed by atoms with Crippen molar-refractivity contribution >= 4 is 23.2 Å².